The Morgan fingerprint density at radius 1 is 1.09 bits per heavy atom. The highest BCUT2D eigenvalue weighted by molar-refractivity contribution is 7.91. The number of amides is 1. The van der Waals surface area contributed by atoms with Crippen LogP contribution in [0.25, 0.3) is 10.2 Å². The lowest BCUT2D eigenvalue weighted by atomic mass is 10.2. The molecule has 0 unspecified atom stereocenters. The number of aromatic nitrogens is 1. The minimum atomic E-state index is -3.45. The van der Waals surface area contributed by atoms with Gasteiger partial charge in [-0.1, -0.05) is 42.0 Å². The van der Waals surface area contributed by atoms with Crippen molar-refractivity contribution < 1.29 is 13.2 Å². The first-order valence-corrected chi connectivity index (χ1v) is 14.2. The number of hydrogen-bond acceptors (Lipinski definition) is 7. The van der Waals surface area contributed by atoms with Crippen molar-refractivity contribution in [1.29, 1.82) is 0 Å². The van der Waals surface area contributed by atoms with Gasteiger partial charge in [-0.25, -0.2) is 13.4 Å². The van der Waals surface area contributed by atoms with E-state index in [9.17, 15) is 13.2 Å². The van der Waals surface area contributed by atoms with Crippen molar-refractivity contribution >= 4 is 42.4 Å². The minimum absolute atomic E-state index is 0.0264. The van der Waals surface area contributed by atoms with Crippen LogP contribution in [0.3, 0.4) is 0 Å². The smallest absolute Gasteiger partial charge is 0.221 e. The zero-order valence-electron chi connectivity index (χ0n) is 19.8. The molecule has 1 saturated heterocycles. The summed E-state index contributed by atoms with van der Waals surface area (Å²) < 4.78 is 26.1. The van der Waals surface area contributed by atoms with Crippen molar-refractivity contribution in [2.75, 3.05) is 49.9 Å². The number of fused-ring (bicyclic) bond motifs is 1. The van der Waals surface area contributed by atoms with Crippen LogP contribution in [0.2, 0.25) is 0 Å². The predicted molar refractivity (Wildman–Crippen MR) is 139 cm³/mol. The molecule has 0 atom stereocenters. The molecular formula is C25H32N4O3S2. The van der Waals surface area contributed by atoms with Crippen LogP contribution in [0.4, 0.5) is 5.13 Å². The summed E-state index contributed by atoms with van der Waals surface area (Å²) in [5.41, 5.74) is 3.40. The Balaban J connectivity index is 1.18. The molecule has 1 aromatic heterocycles. The first kappa shape index (κ1) is 24.6. The molecule has 4 rings (SSSR count). The Bertz CT molecular complexity index is 1230. The third kappa shape index (κ3) is 6.14. The molecule has 1 fully saturated rings. The molecule has 2 aromatic carbocycles. The second kappa shape index (κ2) is 10.8. The highest BCUT2D eigenvalue weighted by Crippen LogP contribution is 2.30. The predicted octanol–water partition coefficient (Wildman–Crippen LogP) is 3.27. The molecule has 1 N–H and O–H groups in total. The summed E-state index contributed by atoms with van der Waals surface area (Å²) in [6.45, 7) is 8.98. The Hall–Kier alpha value is -2.49. The maximum absolute atomic E-state index is 12.4. The van der Waals surface area contributed by atoms with Gasteiger partial charge >= 0.3 is 0 Å². The van der Waals surface area contributed by atoms with E-state index in [0.717, 1.165) is 55.4 Å². The Morgan fingerprint density at radius 2 is 1.82 bits per heavy atom. The quantitative estimate of drug-likeness (QED) is 0.486. The van der Waals surface area contributed by atoms with Crippen LogP contribution in [0.15, 0.2) is 47.4 Å². The molecule has 0 spiro atoms. The van der Waals surface area contributed by atoms with Crippen molar-refractivity contribution in [1.82, 2.24) is 15.2 Å². The fourth-order valence-electron chi connectivity index (χ4n) is 4.01. The van der Waals surface area contributed by atoms with Gasteiger partial charge in [-0.15, -0.1) is 0 Å². The minimum Gasteiger partial charge on any atom is -0.355 e. The molecule has 0 aliphatic carbocycles. The van der Waals surface area contributed by atoms with Gasteiger partial charge in [-0.05, 0) is 43.2 Å². The molecule has 182 valence electrons. The number of hydrogen-bond donors (Lipinski definition) is 1. The van der Waals surface area contributed by atoms with E-state index < -0.39 is 9.84 Å². The highest BCUT2D eigenvalue weighted by Gasteiger charge is 2.20. The molecule has 0 bridgehead atoms. The van der Waals surface area contributed by atoms with Gasteiger partial charge in [-0.3, -0.25) is 9.69 Å². The normalized spacial score (nSPS) is 15.1. The van der Waals surface area contributed by atoms with E-state index in [1.807, 2.05) is 6.92 Å². The first-order chi connectivity index (χ1) is 16.3. The van der Waals surface area contributed by atoms with Crippen LogP contribution in [0.1, 0.15) is 24.5 Å². The molecule has 0 radical (unpaired) electrons. The molecule has 1 aliphatic heterocycles. The number of nitrogens with one attached hydrogen (secondary N) is 1. The van der Waals surface area contributed by atoms with Crippen molar-refractivity contribution in [2.45, 2.75) is 31.6 Å². The van der Waals surface area contributed by atoms with E-state index in [2.05, 4.69) is 40.2 Å². The number of rotatable bonds is 9. The second-order valence-corrected chi connectivity index (χ2v) is 11.8. The van der Waals surface area contributed by atoms with Gasteiger partial charge in [0.2, 0.25) is 5.91 Å². The number of benzene rings is 2. The van der Waals surface area contributed by atoms with Crippen LogP contribution in [0, 0.1) is 6.92 Å². The van der Waals surface area contributed by atoms with Crippen LogP contribution in [0.5, 0.6) is 0 Å². The van der Waals surface area contributed by atoms with Gasteiger partial charge in [0.05, 0.1) is 20.9 Å². The maximum atomic E-state index is 12.4. The molecular weight excluding hydrogens is 468 g/mol. The van der Waals surface area contributed by atoms with Gasteiger partial charge in [0, 0.05) is 45.7 Å². The lowest BCUT2D eigenvalue weighted by molar-refractivity contribution is -0.120. The third-order valence-electron chi connectivity index (χ3n) is 6.22. The zero-order valence-corrected chi connectivity index (χ0v) is 21.4. The van der Waals surface area contributed by atoms with Crippen LogP contribution in [-0.4, -0.2) is 69.2 Å². The number of carbonyl (C=O) groups is 1. The molecule has 0 saturated carbocycles. The average Bonchev–Trinajstić information content (AvgIpc) is 3.27. The molecule has 1 amide bonds. The van der Waals surface area contributed by atoms with Crippen molar-refractivity contribution in [3.05, 3.63) is 53.6 Å². The zero-order chi connectivity index (χ0) is 24.1. The van der Waals surface area contributed by atoms with Crippen molar-refractivity contribution in [2.24, 2.45) is 0 Å². The molecule has 9 heteroatoms. The van der Waals surface area contributed by atoms with Crippen LogP contribution in [-0.2, 0) is 21.1 Å². The number of thiazole rings is 1. The van der Waals surface area contributed by atoms with Gasteiger partial charge in [0.1, 0.15) is 0 Å². The molecule has 1 aliphatic rings. The summed E-state index contributed by atoms with van der Waals surface area (Å²) in [5.74, 6) is -0.405. The summed E-state index contributed by atoms with van der Waals surface area (Å²) in [6, 6.07) is 13.2. The Labute approximate surface area is 205 Å². The van der Waals surface area contributed by atoms with E-state index in [-0.39, 0.29) is 23.0 Å². The van der Waals surface area contributed by atoms with Gasteiger partial charge in [0.15, 0.2) is 15.0 Å². The van der Waals surface area contributed by atoms with Crippen molar-refractivity contribution in [3.8, 4) is 0 Å². The summed E-state index contributed by atoms with van der Waals surface area (Å²) in [6.07, 6.45) is 1.00. The number of piperazine rings is 1. The summed E-state index contributed by atoms with van der Waals surface area (Å²) in [5, 5.41) is 3.94. The first-order valence-electron chi connectivity index (χ1n) is 11.8. The monoisotopic (exact) mass is 500 g/mol. The lowest BCUT2D eigenvalue weighted by Gasteiger charge is -2.34. The average molecular weight is 501 g/mol. The SMILES string of the molecule is CCc1ccc2nc(N3CCN(CCNC(=O)CCS(=O)(=O)c4ccc(C)cc4)CC3)sc2c1. The molecule has 34 heavy (non-hydrogen) atoms. The fourth-order valence-corrected chi connectivity index (χ4v) is 6.33. The summed E-state index contributed by atoms with van der Waals surface area (Å²) in [7, 11) is -3.45. The number of aryl methyl sites for hydroxylation is 2. The van der Waals surface area contributed by atoms with Crippen LogP contribution < -0.4 is 10.2 Å². The third-order valence-corrected chi connectivity index (χ3v) is 9.03. The fraction of sp³-hybridized carbons (Fsp3) is 0.440. The largest absolute Gasteiger partial charge is 0.355 e. The Kier molecular flexibility index (Phi) is 7.85. The van der Waals surface area contributed by atoms with E-state index in [1.54, 1.807) is 35.6 Å². The maximum Gasteiger partial charge on any atom is 0.221 e. The number of anilines is 1. The van der Waals surface area contributed by atoms with E-state index in [1.165, 1.54) is 10.3 Å². The van der Waals surface area contributed by atoms with Gasteiger partial charge < -0.3 is 10.2 Å². The van der Waals surface area contributed by atoms with E-state index in [4.69, 9.17) is 4.98 Å². The number of nitrogens with zero attached hydrogens (tertiary/aromatic N) is 3. The Morgan fingerprint density at radius 3 is 2.53 bits per heavy atom. The number of carbonyl (C=O) groups excluding carboxylic acids is 1. The second-order valence-electron chi connectivity index (χ2n) is 8.71. The number of sulfone groups is 1. The van der Waals surface area contributed by atoms with Gasteiger partial charge in [0.25, 0.3) is 0 Å². The van der Waals surface area contributed by atoms with E-state index >= 15 is 0 Å². The highest BCUT2D eigenvalue weighted by atomic mass is 32.2. The molecule has 2 heterocycles. The van der Waals surface area contributed by atoms with Crippen molar-refractivity contribution in [3.63, 3.8) is 0 Å². The van der Waals surface area contributed by atoms with Crippen LogP contribution >= 0.6 is 11.3 Å². The summed E-state index contributed by atoms with van der Waals surface area (Å²) >= 11 is 1.75. The topological polar surface area (TPSA) is 82.6 Å². The van der Waals surface area contributed by atoms with Gasteiger partial charge in [-0.2, -0.15) is 0 Å². The summed E-state index contributed by atoms with van der Waals surface area (Å²) in [4.78, 5) is 21.9. The molecule has 7 nitrogen and oxygen atoms in total. The van der Waals surface area contributed by atoms with E-state index in [0.29, 0.717) is 6.54 Å². The lowest BCUT2D eigenvalue weighted by Crippen LogP contribution is -2.48. The molecule has 3 aromatic rings. The standard InChI is InChI=1S/C25H32N4O3S2/c1-3-20-6-9-22-23(18-20)33-25(27-22)29-15-13-28(14-16-29)12-11-26-24(30)10-17-34(31,32)21-7-4-19(2)5-8-21/h4-9,18H,3,10-17H2,1-2H3,(H,26,30).